The molecule has 2 heterocycles. The number of amides is 1. The van der Waals surface area contributed by atoms with E-state index in [1.54, 1.807) is 12.1 Å². The molecular formula is C35H38F4N6O2S. The minimum atomic E-state index is -4.40. The Labute approximate surface area is 281 Å². The number of carbonyl (C=O) groups excluding carboxylic acids is 1. The van der Waals surface area contributed by atoms with Gasteiger partial charge in [-0.1, -0.05) is 67.2 Å². The smallest absolute Gasteiger partial charge is 0.334 e. The van der Waals surface area contributed by atoms with Crippen LogP contribution in [0.3, 0.4) is 0 Å². The summed E-state index contributed by atoms with van der Waals surface area (Å²) in [5.41, 5.74) is 2.26. The van der Waals surface area contributed by atoms with Gasteiger partial charge in [0.2, 0.25) is 5.91 Å². The van der Waals surface area contributed by atoms with Gasteiger partial charge in [0, 0.05) is 45.5 Å². The van der Waals surface area contributed by atoms with Crippen LogP contribution in [-0.4, -0.2) is 68.8 Å². The van der Waals surface area contributed by atoms with Gasteiger partial charge in [0.05, 0.1) is 5.56 Å². The van der Waals surface area contributed by atoms with Crippen molar-refractivity contribution in [2.24, 2.45) is 0 Å². The monoisotopic (exact) mass is 682 g/mol. The van der Waals surface area contributed by atoms with E-state index in [1.807, 2.05) is 50.2 Å². The Bertz CT molecular complexity index is 1740. The molecule has 0 atom stereocenters. The molecule has 3 aromatic carbocycles. The second-order valence-electron chi connectivity index (χ2n) is 11.9. The van der Waals surface area contributed by atoms with E-state index in [9.17, 15) is 27.2 Å². The molecule has 0 radical (unpaired) electrons. The number of aromatic nitrogens is 3. The summed E-state index contributed by atoms with van der Waals surface area (Å²) in [5, 5.41) is 9.10. The predicted molar refractivity (Wildman–Crippen MR) is 177 cm³/mol. The Balaban J connectivity index is 1.38. The van der Waals surface area contributed by atoms with Crippen molar-refractivity contribution < 1.29 is 22.4 Å². The lowest BCUT2D eigenvalue weighted by atomic mass is 10.0. The van der Waals surface area contributed by atoms with E-state index >= 15 is 0 Å². The Kier molecular flexibility index (Phi) is 11.3. The maximum absolute atomic E-state index is 14.2. The second kappa shape index (κ2) is 15.4. The molecule has 1 saturated heterocycles. The van der Waals surface area contributed by atoms with Crippen molar-refractivity contribution in [1.29, 1.82) is 0 Å². The zero-order chi connectivity index (χ0) is 34.4. The maximum atomic E-state index is 14.2. The first kappa shape index (κ1) is 35.2. The van der Waals surface area contributed by atoms with Gasteiger partial charge < -0.3 is 4.90 Å². The highest BCUT2D eigenvalue weighted by atomic mass is 32.2. The molecule has 0 bridgehead atoms. The number of rotatable bonds is 11. The summed E-state index contributed by atoms with van der Waals surface area (Å²) < 4.78 is 54.0. The number of thioether (sulfide) groups is 1. The summed E-state index contributed by atoms with van der Waals surface area (Å²) >= 11 is 1.26. The summed E-state index contributed by atoms with van der Waals surface area (Å²) in [4.78, 5) is 33.0. The van der Waals surface area contributed by atoms with Crippen molar-refractivity contribution in [3.05, 3.63) is 111 Å². The van der Waals surface area contributed by atoms with Crippen LogP contribution in [0.1, 0.15) is 42.1 Å². The first-order chi connectivity index (χ1) is 22.9. The van der Waals surface area contributed by atoms with Gasteiger partial charge in [-0.05, 0) is 65.8 Å². The average Bonchev–Trinajstić information content (AvgIpc) is 3.07. The number of nitrogens with zero attached hydrogens (tertiary/aromatic N) is 6. The number of hydrogen-bond acceptors (Lipinski definition) is 7. The summed E-state index contributed by atoms with van der Waals surface area (Å²) in [6, 6.07) is 18.5. The van der Waals surface area contributed by atoms with Gasteiger partial charge in [-0.3, -0.25) is 9.59 Å². The van der Waals surface area contributed by atoms with Crippen molar-refractivity contribution in [3.8, 4) is 11.1 Å². The lowest BCUT2D eigenvalue weighted by Crippen LogP contribution is -2.51. The Morgan fingerprint density at radius 2 is 1.50 bits per heavy atom. The number of aryl methyl sites for hydroxylation is 1. The number of carbonyl (C=O) groups is 1. The predicted octanol–water partition coefficient (Wildman–Crippen LogP) is 6.29. The third kappa shape index (κ3) is 8.88. The third-order valence-electron chi connectivity index (χ3n) is 8.43. The molecular weight excluding hydrogens is 644 g/mol. The first-order valence-electron chi connectivity index (χ1n) is 15.7. The number of piperidine rings is 1. The van der Waals surface area contributed by atoms with Crippen LogP contribution in [0.5, 0.6) is 0 Å². The van der Waals surface area contributed by atoms with Gasteiger partial charge in [0.25, 0.3) is 5.56 Å². The third-order valence-corrected chi connectivity index (χ3v) is 9.47. The molecule has 0 aliphatic carbocycles. The fourth-order valence-electron chi connectivity index (χ4n) is 5.66. The molecule has 1 fully saturated rings. The molecule has 1 aliphatic heterocycles. The van der Waals surface area contributed by atoms with Crippen molar-refractivity contribution in [2.75, 3.05) is 27.2 Å². The molecule has 0 saturated carbocycles. The van der Waals surface area contributed by atoms with Gasteiger partial charge in [-0.15, -0.1) is 0 Å². The van der Waals surface area contributed by atoms with Crippen molar-refractivity contribution in [1.82, 2.24) is 29.7 Å². The summed E-state index contributed by atoms with van der Waals surface area (Å²) in [5.74, 6) is -0.107. The van der Waals surface area contributed by atoms with E-state index in [4.69, 9.17) is 0 Å². The molecule has 1 aromatic heterocycles. The molecule has 0 spiro atoms. The summed E-state index contributed by atoms with van der Waals surface area (Å²) in [6.07, 6.45) is -2.52. The van der Waals surface area contributed by atoms with Gasteiger partial charge in [-0.2, -0.15) is 23.3 Å². The van der Waals surface area contributed by atoms with E-state index in [-0.39, 0.29) is 30.0 Å². The molecule has 1 aliphatic rings. The molecule has 13 heteroatoms. The van der Waals surface area contributed by atoms with Crippen molar-refractivity contribution in [2.45, 2.75) is 62.4 Å². The summed E-state index contributed by atoms with van der Waals surface area (Å²) in [6.45, 7) is 3.58. The van der Waals surface area contributed by atoms with E-state index in [0.717, 1.165) is 54.8 Å². The van der Waals surface area contributed by atoms with E-state index < -0.39 is 17.3 Å². The molecule has 0 N–H and O–H groups in total. The second-order valence-corrected chi connectivity index (χ2v) is 12.8. The van der Waals surface area contributed by atoms with E-state index in [2.05, 4.69) is 20.1 Å². The minimum Gasteiger partial charge on any atom is -0.334 e. The van der Waals surface area contributed by atoms with Crippen LogP contribution >= 0.6 is 11.8 Å². The van der Waals surface area contributed by atoms with Gasteiger partial charge >= 0.3 is 6.18 Å². The topological polar surface area (TPSA) is 74.6 Å². The highest BCUT2D eigenvalue weighted by Crippen LogP contribution is 2.31. The zero-order valence-electron chi connectivity index (χ0n) is 27.1. The lowest BCUT2D eigenvalue weighted by molar-refractivity contribution is -0.138. The van der Waals surface area contributed by atoms with Crippen LogP contribution in [0.4, 0.5) is 17.6 Å². The van der Waals surface area contributed by atoms with Crippen LogP contribution in [-0.2, 0) is 36.2 Å². The largest absolute Gasteiger partial charge is 0.416 e. The van der Waals surface area contributed by atoms with Crippen LogP contribution < -0.4 is 5.56 Å². The quantitative estimate of drug-likeness (QED) is 0.136. The number of hydrogen-bond donors (Lipinski definition) is 0. The fraction of sp³-hybridized carbons (Fsp3) is 0.371. The lowest BCUT2D eigenvalue weighted by Gasteiger charge is -2.40. The molecule has 4 aromatic rings. The Morgan fingerprint density at radius 1 is 0.917 bits per heavy atom. The fourth-order valence-corrected chi connectivity index (χ4v) is 6.55. The summed E-state index contributed by atoms with van der Waals surface area (Å²) in [7, 11) is 3.99. The highest BCUT2D eigenvalue weighted by molar-refractivity contribution is 7.98. The molecule has 0 unspecified atom stereocenters. The molecule has 1 amide bonds. The number of benzene rings is 3. The van der Waals surface area contributed by atoms with E-state index in [0.29, 0.717) is 29.4 Å². The SMILES string of the molecule is CCc1nn(CC(=O)N(Cc2ccc(-c3ccc(C(F)(F)F)cc3)cc2)C2CCN(N(C)C)CC2)c(SCc2ccc(F)cc2)nc1=O. The van der Waals surface area contributed by atoms with Crippen molar-refractivity contribution in [3.63, 3.8) is 0 Å². The van der Waals surface area contributed by atoms with Crippen LogP contribution in [0.2, 0.25) is 0 Å². The van der Waals surface area contributed by atoms with Crippen LogP contribution in [0.25, 0.3) is 11.1 Å². The highest BCUT2D eigenvalue weighted by Gasteiger charge is 2.31. The molecule has 5 rings (SSSR count). The average molecular weight is 683 g/mol. The number of alkyl halides is 3. The van der Waals surface area contributed by atoms with Gasteiger partial charge in [0.1, 0.15) is 18.1 Å². The van der Waals surface area contributed by atoms with Crippen molar-refractivity contribution >= 4 is 17.7 Å². The van der Waals surface area contributed by atoms with Crippen LogP contribution in [0.15, 0.2) is 82.7 Å². The standard InChI is InChI=1S/C35H38F4N6O2S/c1-4-31-33(47)40-34(48-23-25-7-15-29(36)16-8-25)45(41-31)22-32(46)44(30-17-19-43(20-18-30)42(2)3)21-24-5-9-26(10-6-24)27-11-13-28(14-12-27)35(37,38)39/h5-16,30H,4,17-23H2,1-3H3. The Morgan fingerprint density at radius 3 is 2.06 bits per heavy atom. The van der Waals surface area contributed by atoms with Gasteiger partial charge in [-0.25, -0.2) is 19.1 Å². The van der Waals surface area contributed by atoms with Gasteiger partial charge in [0.15, 0.2) is 5.16 Å². The first-order valence-corrected chi connectivity index (χ1v) is 16.7. The molecule has 48 heavy (non-hydrogen) atoms. The zero-order valence-corrected chi connectivity index (χ0v) is 27.9. The number of hydrazine groups is 1. The Hall–Kier alpha value is -4.07. The molecule has 8 nitrogen and oxygen atoms in total. The number of halogens is 4. The maximum Gasteiger partial charge on any atom is 0.416 e. The normalized spacial score (nSPS) is 14.4. The minimum absolute atomic E-state index is 0.0448. The van der Waals surface area contributed by atoms with E-state index in [1.165, 1.54) is 40.7 Å². The molecule has 254 valence electrons. The van der Waals surface area contributed by atoms with Crippen LogP contribution in [0, 0.1) is 5.82 Å².